The lowest BCUT2D eigenvalue weighted by molar-refractivity contribution is -0.136. The molecule has 1 aliphatic heterocycles. The average Bonchev–Trinajstić information content (AvgIpc) is 2.91. The van der Waals surface area contributed by atoms with Crippen molar-refractivity contribution in [2.45, 2.75) is 32.2 Å². The topological polar surface area (TPSA) is 84.2 Å². The number of hydrogen-bond donors (Lipinski definition) is 2. The molecule has 0 radical (unpaired) electrons. The van der Waals surface area contributed by atoms with Gasteiger partial charge in [-0.3, -0.25) is 14.3 Å². The van der Waals surface area contributed by atoms with Crippen LogP contribution in [-0.2, 0) is 24.2 Å². The summed E-state index contributed by atoms with van der Waals surface area (Å²) in [4.78, 5) is 23.2. The van der Waals surface area contributed by atoms with E-state index in [0.717, 1.165) is 31.5 Å². The van der Waals surface area contributed by atoms with Gasteiger partial charge in [-0.05, 0) is 37.0 Å². The molecule has 6 heteroatoms. The first-order valence-electron chi connectivity index (χ1n) is 7.30. The molecule has 0 bridgehead atoms. The standard InChI is InChI=1S/C16H17N3O3/c20-15(21)9-11-4-3-5-12(8-11)18-16(22)13-10-17-19-7-2-1-6-14(13)19/h3-5,8,10H,1-2,6-7,9H2,(H,18,22)(H,20,21). The molecule has 2 aromatic rings. The van der Waals surface area contributed by atoms with Crippen molar-refractivity contribution in [3.63, 3.8) is 0 Å². The second-order valence-corrected chi connectivity index (χ2v) is 5.41. The van der Waals surface area contributed by atoms with Crippen molar-refractivity contribution in [2.24, 2.45) is 0 Å². The summed E-state index contributed by atoms with van der Waals surface area (Å²) in [5, 5.41) is 15.9. The third-order valence-electron chi connectivity index (χ3n) is 3.77. The number of nitrogens with zero attached hydrogens (tertiary/aromatic N) is 2. The van der Waals surface area contributed by atoms with E-state index in [1.807, 2.05) is 4.68 Å². The van der Waals surface area contributed by atoms with Crippen LogP contribution in [0, 0.1) is 0 Å². The third-order valence-corrected chi connectivity index (χ3v) is 3.77. The molecule has 1 amide bonds. The van der Waals surface area contributed by atoms with Crippen LogP contribution in [0.4, 0.5) is 5.69 Å². The maximum absolute atomic E-state index is 12.4. The Kier molecular flexibility index (Phi) is 3.91. The van der Waals surface area contributed by atoms with E-state index >= 15 is 0 Å². The van der Waals surface area contributed by atoms with Crippen molar-refractivity contribution in [3.05, 3.63) is 47.3 Å². The number of rotatable bonds is 4. The van der Waals surface area contributed by atoms with Crippen molar-refractivity contribution in [1.29, 1.82) is 0 Å². The fourth-order valence-corrected chi connectivity index (χ4v) is 2.74. The summed E-state index contributed by atoms with van der Waals surface area (Å²) < 4.78 is 1.89. The molecule has 6 nitrogen and oxygen atoms in total. The van der Waals surface area contributed by atoms with Crippen molar-refractivity contribution in [2.75, 3.05) is 5.32 Å². The van der Waals surface area contributed by atoms with Gasteiger partial charge in [0.05, 0.1) is 23.9 Å². The molecule has 2 heterocycles. The number of aliphatic carboxylic acids is 1. The third kappa shape index (κ3) is 3.00. The number of carbonyl (C=O) groups excluding carboxylic acids is 1. The van der Waals surface area contributed by atoms with E-state index < -0.39 is 5.97 Å². The summed E-state index contributed by atoms with van der Waals surface area (Å²) >= 11 is 0. The number of aryl methyl sites for hydroxylation is 1. The summed E-state index contributed by atoms with van der Waals surface area (Å²) in [6, 6.07) is 6.90. The second-order valence-electron chi connectivity index (χ2n) is 5.41. The minimum Gasteiger partial charge on any atom is -0.481 e. The zero-order valence-corrected chi connectivity index (χ0v) is 12.1. The molecule has 1 aromatic carbocycles. The van der Waals surface area contributed by atoms with Crippen molar-refractivity contribution in [3.8, 4) is 0 Å². The Morgan fingerprint density at radius 2 is 2.18 bits per heavy atom. The van der Waals surface area contributed by atoms with Gasteiger partial charge in [-0.1, -0.05) is 12.1 Å². The Labute approximate surface area is 127 Å². The number of aromatic nitrogens is 2. The Bertz CT molecular complexity index is 721. The van der Waals surface area contributed by atoms with E-state index in [1.54, 1.807) is 30.5 Å². The summed E-state index contributed by atoms with van der Waals surface area (Å²) in [6.45, 7) is 0.858. The molecular formula is C16H17N3O3. The summed E-state index contributed by atoms with van der Waals surface area (Å²) in [5.41, 5.74) is 2.83. The predicted octanol–water partition coefficient (Wildman–Crippen LogP) is 2.10. The highest BCUT2D eigenvalue weighted by Gasteiger charge is 2.19. The van der Waals surface area contributed by atoms with Gasteiger partial charge >= 0.3 is 5.97 Å². The lowest BCUT2D eigenvalue weighted by Gasteiger charge is -2.14. The van der Waals surface area contributed by atoms with E-state index in [0.29, 0.717) is 16.8 Å². The van der Waals surface area contributed by atoms with Gasteiger partial charge in [-0.15, -0.1) is 0 Å². The summed E-state index contributed by atoms with van der Waals surface area (Å²) in [7, 11) is 0. The first kappa shape index (κ1) is 14.3. The summed E-state index contributed by atoms with van der Waals surface area (Å²) in [5.74, 6) is -1.09. The van der Waals surface area contributed by atoms with E-state index in [-0.39, 0.29) is 12.3 Å². The molecule has 0 saturated carbocycles. The lowest BCUT2D eigenvalue weighted by atomic mass is 10.1. The summed E-state index contributed by atoms with van der Waals surface area (Å²) in [6.07, 6.45) is 4.57. The number of amides is 1. The molecule has 2 N–H and O–H groups in total. The Morgan fingerprint density at radius 1 is 1.32 bits per heavy atom. The fraction of sp³-hybridized carbons (Fsp3) is 0.312. The molecule has 0 unspecified atom stereocenters. The van der Waals surface area contributed by atoms with E-state index in [2.05, 4.69) is 10.4 Å². The molecule has 0 aliphatic carbocycles. The van der Waals surface area contributed by atoms with Crippen LogP contribution in [0.1, 0.15) is 34.5 Å². The SMILES string of the molecule is O=C(O)Cc1cccc(NC(=O)c2cnn3c2CCCC3)c1. The number of carboxylic acid groups (broad SMARTS) is 1. The predicted molar refractivity (Wildman–Crippen MR) is 80.9 cm³/mol. The van der Waals surface area contributed by atoms with Gasteiger partial charge in [-0.2, -0.15) is 5.10 Å². The number of fused-ring (bicyclic) bond motifs is 1. The first-order valence-corrected chi connectivity index (χ1v) is 7.30. The molecule has 0 atom stereocenters. The minimum atomic E-state index is -0.894. The van der Waals surface area contributed by atoms with Crippen molar-refractivity contribution >= 4 is 17.6 Å². The van der Waals surface area contributed by atoms with Crippen LogP contribution in [0.25, 0.3) is 0 Å². The highest BCUT2D eigenvalue weighted by Crippen LogP contribution is 2.20. The number of anilines is 1. The normalized spacial score (nSPS) is 13.5. The number of carbonyl (C=O) groups is 2. The zero-order chi connectivity index (χ0) is 15.5. The monoisotopic (exact) mass is 299 g/mol. The maximum atomic E-state index is 12.4. The zero-order valence-electron chi connectivity index (χ0n) is 12.1. The highest BCUT2D eigenvalue weighted by molar-refractivity contribution is 6.05. The van der Waals surface area contributed by atoms with Gasteiger partial charge in [-0.25, -0.2) is 0 Å². The van der Waals surface area contributed by atoms with E-state index in [9.17, 15) is 9.59 Å². The molecule has 0 fully saturated rings. The lowest BCUT2D eigenvalue weighted by Crippen LogP contribution is -2.17. The van der Waals surface area contributed by atoms with Crippen LogP contribution in [-0.4, -0.2) is 26.8 Å². The first-order chi connectivity index (χ1) is 10.6. The molecule has 0 saturated heterocycles. The number of hydrogen-bond acceptors (Lipinski definition) is 3. The molecule has 114 valence electrons. The molecule has 1 aliphatic rings. The van der Waals surface area contributed by atoms with Gasteiger partial charge in [0.25, 0.3) is 5.91 Å². The van der Waals surface area contributed by atoms with E-state index in [1.165, 1.54) is 0 Å². The van der Waals surface area contributed by atoms with Gasteiger partial charge in [0.2, 0.25) is 0 Å². The average molecular weight is 299 g/mol. The Hall–Kier alpha value is -2.63. The Morgan fingerprint density at radius 3 is 3.00 bits per heavy atom. The van der Waals surface area contributed by atoms with Gasteiger partial charge < -0.3 is 10.4 Å². The largest absolute Gasteiger partial charge is 0.481 e. The van der Waals surface area contributed by atoms with Gasteiger partial charge in [0, 0.05) is 12.2 Å². The van der Waals surface area contributed by atoms with Crippen LogP contribution in [0.15, 0.2) is 30.5 Å². The molecule has 0 spiro atoms. The molecule has 3 rings (SSSR count). The second kappa shape index (κ2) is 6.01. The maximum Gasteiger partial charge on any atom is 0.307 e. The number of carboxylic acids is 1. The molecule has 22 heavy (non-hydrogen) atoms. The smallest absolute Gasteiger partial charge is 0.307 e. The van der Waals surface area contributed by atoms with Crippen LogP contribution < -0.4 is 5.32 Å². The van der Waals surface area contributed by atoms with Crippen LogP contribution in [0.5, 0.6) is 0 Å². The van der Waals surface area contributed by atoms with Crippen molar-refractivity contribution < 1.29 is 14.7 Å². The quantitative estimate of drug-likeness (QED) is 0.905. The van der Waals surface area contributed by atoms with Crippen LogP contribution in [0.2, 0.25) is 0 Å². The van der Waals surface area contributed by atoms with Crippen molar-refractivity contribution in [1.82, 2.24) is 9.78 Å². The molecule has 1 aromatic heterocycles. The number of nitrogens with one attached hydrogen (secondary N) is 1. The minimum absolute atomic E-state index is 0.0626. The van der Waals surface area contributed by atoms with Gasteiger partial charge in [0.1, 0.15) is 0 Å². The van der Waals surface area contributed by atoms with Crippen LogP contribution >= 0.6 is 0 Å². The number of benzene rings is 1. The fourth-order valence-electron chi connectivity index (χ4n) is 2.74. The highest BCUT2D eigenvalue weighted by atomic mass is 16.4. The van der Waals surface area contributed by atoms with Gasteiger partial charge in [0.15, 0.2) is 0 Å². The molecular weight excluding hydrogens is 282 g/mol. The van der Waals surface area contributed by atoms with E-state index in [4.69, 9.17) is 5.11 Å². The van der Waals surface area contributed by atoms with Crippen LogP contribution in [0.3, 0.4) is 0 Å². The Balaban J connectivity index is 1.77.